The number of anilines is 3. The van der Waals surface area contributed by atoms with Crippen molar-refractivity contribution in [3.8, 4) is 22.3 Å². The summed E-state index contributed by atoms with van der Waals surface area (Å²) in [5.41, 5.74) is 9.82. The maximum Gasteiger partial charge on any atom is 0.143 e. The quantitative estimate of drug-likeness (QED) is 0.187. The summed E-state index contributed by atoms with van der Waals surface area (Å²) in [6.45, 7) is 0. The maximum atomic E-state index is 6.83. The summed E-state index contributed by atoms with van der Waals surface area (Å²) in [6, 6.07) is 67.4. The smallest absolute Gasteiger partial charge is 0.143 e. The average Bonchev–Trinajstić information content (AvgIpc) is 3.58. The van der Waals surface area contributed by atoms with Gasteiger partial charge in [0.1, 0.15) is 11.2 Å². The number of rotatable bonds is 5. The van der Waals surface area contributed by atoms with Crippen LogP contribution >= 0.6 is 0 Å². The number of hydrogen-bond donors (Lipinski definition) is 0. The van der Waals surface area contributed by atoms with E-state index in [1.54, 1.807) is 0 Å². The minimum atomic E-state index is 0.865. The fourth-order valence-electron chi connectivity index (χ4n) is 7.66. The highest BCUT2D eigenvalue weighted by atomic mass is 16.3. The van der Waals surface area contributed by atoms with Crippen LogP contribution in [0.3, 0.4) is 0 Å². The average molecular weight is 638 g/mol. The summed E-state index contributed by atoms with van der Waals surface area (Å²) in [5.74, 6) is 0. The van der Waals surface area contributed by atoms with Crippen molar-refractivity contribution in [1.29, 1.82) is 0 Å². The highest BCUT2D eigenvalue weighted by molar-refractivity contribution is 6.23. The van der Waals surface area contributed by atoms with Gasteiger partial charge in [0.2, 0.25) is 0 Å². The number of fused-ring (bicyclic) bond motifs is 7. The topological polar surface area (TPSA) is 16.4 Å². The molecule has 0 atom stereocenters. The van der Waals surface area contributed by atoms with Crippen molar-refractivity contribution in [3.63, 3.8) is 0 Å². The largest absolute Gasteiger partial charge is 0.455 e. The molecule has 0 unspecified atom stereocenters. The molecule has 0 aliphatic heterocycles. The first kappa shape index (κ1) is 28.4. The van der Waals surface area contributed by atoms with Crippen molar-refractivity contribution >= 4 is 71.3 Å². The van der Waals surface area contributed by atoms with Crippen LogP contribution in [0.4, 0.5) is 17.1 Å². The molecule has 0 N–H and O–H groups in total. The minimum absolute atomic E-state index is 0.865. The number of furan rings is 1. The van der Waals surface area contributed by atoms with Gasteiger partial charge in [0, 0.05) is 21.8 Å². The molecule has 0 bridgehead atoms. The lowest BCUT2D eigenvalue weighted by atomic mass is 9.93. The van der Waals surface area contributed by atoms with Gasteiger partial charge in [-0.15, -0.1) is 0 Å². The zero-order valence-corrected chi connectivity index (χ0v) is 27.3. The molecule has 0 saturated heterocycles. The van der Waals surface area contributed by atoms with E-state index in [-0.39, 0.29) is 0 Å². The molecule has 0 saturated carbocycles. The van der Waals surface area contributed by atoms with Crippen LogP contribution in [0.15, 0.2) is 192 Å². The van der Waals surface area contributed by atoms with Gasteiger partial charge in [-0.2, -0.15) is 0 Å². The van der Waals surface area contributed by atoms with Crippen LogP contribution in [0.1, 0.15) is 0 Å². The minimum Gasteiger partial charge on any atom is -0.455 e. The van der Waals surface area contributed by atoms with E-state index in [0.29, 0.717) is 0 Å². The number of nitrogens with zero attached hydrogens (tertiary/aromatic N) is 1. The summed E-state index contributed by atoms with van der Waals surface area (Å²) in [7, 11) is 0. The van der Waals surface area contributed by atoms with Gasteiger partial charge in [-0.25, -0.2) is 0 Å². The molecule has 0 fully saturated rings. The fraction of sp³-hybridized carbons (Fsp3) is 0. The molecule has 2 heteroatoms. The highest BCUT2D eigenvalue weighted by Crippen LogP contribution is 2.47. The molecule has 0 aliphatic carbocycles. The zero-order chi connectivity index (χ0) is 33.0. The van der Waals surface area contributed by atoms with Crippen molar-refractivity contribution in [2.75, 3.05) is 4.90 Å². The Balaban J connectivity index is 1.26. The summed E-state index contributed by atoms with van der Waals surface area (Å²) in [6.07, 6.45) is 0. The van der Waals surface area contributed by atoms with E-state index in [9.17, 15) is 0 Å². The second kappa shape index (κ2) is 11.5. The van der Waals surface area contributed by atoms with Gasteiger partial charge in [-0.05, 0) is 86.3 Å². The van der Waals surface area contributed by atoms with E-state index in [1.807, 2.05) is 0 Å². The first-order chi connectivity index (χ1) is 24.8. The molecule has 0 amide bonds. The van der Waals surface area contributed by atoms with Crippen molar-refractivity contribution in [2.45, 2.75) is 0 Å². The first-order valence-corrected chi connectivity index (χ1v) is 17.1. The zero-order valence-electron chi connectivity index (χ0n) is 27.3. The van der Waals surface area contributed by atoms with Crippen LogP contribution in [0, 0.1) is 0 Å². The van der Waals surface area contributed by atoms with Gasteiger partial charge in [0.15, 0.2) is 0 Å². The van der Waals surface area contributed by atoms with Gasteiger partial charge in [-0.3, -0.25) is 0 Å². The lowest BCUT2D eigenvalue weighted by Gasteiger charge is -2.27. The van der Waals surface area contributed by atoms with E-state index < -0.39 is 0 Å². The van der Waals surface area contributed by atoms with Crippen molar-refractivity contribution in [1.82, 2.24) is 0 Å². The molecule has 50 heavy (non-hydrogen) atoms. The van der Waals surface area contributed by atoms with Crippen LogP contribution in [-0.4, -0.2) is 0 Å². The van der Waals surface area contributed by atoms with Crippen LogP contribution < -0.4 is 4.90 Å². The Labute approximate surface area is 290 Å². The Morgan fingerprint density at radius 1 is 0.360 bits per heavy atom. The Kier molecular flexibility index (Phi) is 6.53. The van der Waals surface area contributed by atoms with Gasteiger partial charge < -0.3 is 9.32 Å². The van der Waals surface area contributed by atoms with E-state index in [0.717, 1.165) is 44.4 Å². The molecule has 234 valence electrons. The molecular formula is C48H31NO. The highest BCUT2D eigenvalue weighted by Gasteiger charge is 2.23. The molecular weight excluding hydrogens is 607 g/mol. The molecule has 0 aliphatic rings. The SMILES string of the molecule is c1ccc(-c2ccc(N(c3cccc4ccccc34)c3cccc4oc5c6ccccc6c(-c6ccc7ccccc7c6)cc5c34)cc2)cc1. The second-order valence-electron chi connectivity index (χ2n) is 12.9. The normalized spacial score (nSPS) is 11.6. The third kappa shape index (κ3) is 4.57. The van der Waals surface area contributed by atoms with E-state index in [4.69, 9.17) is 4.42 Å². The Bertz CT molecular complexity index is 2860. The third-order valence-electron chi connectivity index (χ3n) is 10.0. The fourth-order valence-corrected chi connectivity index (χ4v) is 7.66. The van der Waals surface area contributed by atoms with Gasteiger partial charge >= 0.3 is 0 Å². The summed E-state index contributed by atoms with van der Waals surface area (Å²) < 4.78 is 6.83. The van der Waals surface area contributed by atoms with E-state index in [2.05, 4.69) is 193 Å². The van der Waals surface area contributed by atoms with Crippen LogP contribution in [0.25, 0.3) is 76.5 Å². The summed E-state index contributed by atoms with van der Waals surface area (Å²) >= 11 is 0. The van der Waals surface area contributed by atoms with Gasteiger partial charge in [0.25, 0.3) is 0 Å². The number of hydrogen-bond acceptors (Lipinski definition) is 2. The Morgan fingerprint density at radius 2 is 0.980 bits per heavy atom. The van der Waals surface area contributed by atoms with Crippen molar-refractivity contribution in [3.05, 3.63) is 188 Å². The molecule has 10 rings (SSSR count). The van der Waals surface area contributed by atoms with Crippen LogP contribution in [0.5, 0.6) is 0 Å². The molecule has 9 aromatic carbocycles. The molecule has 10 aromatic rings. The maximum absolute atomic E-state index is 6.83. The predicted octanol–water partition coefficient (Wildman–Crippen LogP) is 13.8. The standard InChI is InChI=1S/C48H31NO/c1-2-12-32(13-3-1)34-26-28-38(29-27-34)49(44-21-10-17-35-15-6-7-18-39(35)44)45-22-11-23-46-47(45)43-31-42(40-19-8-9-20-41(40)48(43)50-46)37-25-24-33-14-4-5-16-36(33)30-37/h1-31H. The monoisotopic (exact) mass is 637 g/mol. The number of benzene rings is 9. The summed E-state index contributed by atoms with van der Waals surface area (Å²) in [4.78, 5) is 2.40. The molecule has 0 spiro atoms. The summed E-state index contributed by atoms with van der Waals surface area (Å²) in [5, 5.41) is 9.34. The first-order valence-electron chi connectivity index (χ1n) is 17.1. The molecule has 1 heterocycles. The predicted molar refractivity (Wildman–Crippen MR) is 212 cm³/mol. The second-order valence-corrected chi connectivity index (χ2v) is 12.9. The molecule has 1 aromatic heterocycles. The van der Waals surface area contributed by atoms with Gasteiger partial charge in [-0.1, -0.05) is 146 Å². The molecule has 0 radical (unpaired) electrons. The van der Waals surface area contributed by atoms with Crippen molar-refractivity contribution in [2.24, 2.45) is 0 Å². The van der Waals surface area contributed by atoms with E-state index >= 15 is 0 Å². The Morgan fingerprint density at radius 3 is 1.82 bits per heavy atom. The van der Waals surface area contributed by atoms with Crippen LogP contribution in [0.2, 0.25) is 0 Å². The lowest BCUT2D eigenvalue weighted by Crippen LogP contribution is -2.10. The third-order valence-corrected chi connectivity index (χ3v) is 10.0. The Hall–Kier alpha value is -6.64. The van der Waals surface area contributed by atoms with Gasteiger partial charge in [0.05, 0.1) is 16.8 Å². The van der Waals surface area contributed by atoms with Crippen LogP contribution in [-0.2, 0) is 0 Å². The van der Waals surface area contributed by atoms with Crippen molar-refractivity contribution < 1.29 is 4.42 Å². The molecule has 2 nitrogen and oxygen atoms in total. The van der Waals surface area contributed by atoms with E-state index in [1.165, 1.54) is 49.2 Å². The lowest BCUT2D eigenvalue weighted by molar-refractivity contribution is 0.672.